The maximum absolute atomic E-state index is 12.5. The molecule has 1 aliphatic heterocycles. The van der Waals surface area contributed by atoms with E-state index in [-0.39, 0.29) is 17.9 Å². The Labute approximate surface area is 203 Å². The van der Waals surface area contributed by atoms with Crippen molar-refractivity contribution in [1.82, 2.24) is 9.88 Å². The van der Waals surface area contributed by atoms with Crippen LogP contribution in [0.2, 0.25) is 0 Å². The second-order valence-corrected chi connectivity index (χ2v) is 9.34. The molecule has 4 rings (SSSR count). The van der Waals surface area contributed by atoms with Crippen LogP contribution < -0.4 is 15.8 Å². The summed E-state index contributed by atoms with van der Waals surface area (Å²) in [6, 6.07) is 15.0. The number of nitrogens with one attached hydrogen (secondary N) is 1. The maximum atomic E-state index is 12.5. The normalized spacial score (nSPS) is 16.1. The Morgan fingerprint density at radius 1 is 1.26 bits per heavy atom. The molecule has 2 heterocycles. The molecule has 1 atom stereocenters. The number of likely N-dealkylation sites (tertiary alicyclic amines) is 1. The van der Waals surface area contributed by atoms with Crippen LogP contribution in [0.15, 0.2) is 60.0 Å². The van der Waals surface area contributed by atoms with Crippen LogP contribution in [0.3, 0.4) is 0 Å². The molecule has 3 aromatic rings. The van der Waals surface area contributed by atoms with Crippen molar-refractivity contribution in [2.24, 2.45) is 5.73 Å². The van der Waals surface area contributed by atoms with Crippen molar-refractivity contribution >= 4 is 34.9 Å². The summed E-state index contributed by atoms with van der Waals surface area (Å²) in [6.45, 7) is 3.85. The third kappa shape index (κ3) is 6.52. The quantitative estimate of drug-likeness (QED) is 0.453. The number of carbonyl (C=O) groups excluding carboxylic acids is 2. The van der Waals surface area contributed by atoms with Gasteiger partial charge in [-0.15, -0.1) is 11.3 Å². The lowest BCUT2D eigenvalue weighted by molar-refractivity contribution is -0.122. The smallest absolute Gasteiger partial charge is 0.248 e. The number of rotatable bonds is 9. The summed E-state index contributed by atoms with van der Waals surface area (Å²) in [4.78, 5) is 30.6. The van der Waals surface area contributed by atoms with Gasteiger partial charge < -0.3 is 15.8 Å². The number of benzene rings is 2. The van der Waals surface area contributed by atoms with E-state index in [0.717, 1.165) is 47.0 Å². The predicted octanol–water partition coefficient (Wildman–Crippen LogP) is 4.13. The van der Waals surface area contributed by atoms with Crippen molar-refractivity contribution in [3.63, 3.8) is 0 Å². The predicted molar refractivity (Wildman–Crippen MR) is 134 cm³/mol. The Balaban J connectivity index is 1.32. The van der Waals surface area contributed by atoms with Gasteiger partial charge >= 0.3 is 0 Å². The van der Waals surface area contributed by atoms with Crippen LogP contribution in [-0.4, -0.2) is 34.3 Å². The van der Waals surface area contributed by atoms with E-state index in [4.69, 9.17) is 10.5 Å². The third-order valence-electron chi connectivity index (χ3n) is 5.61. The molecule has 34 heavy (non-hydrogen) atoms. The Bertz CT molecular complexity index is 1190. The maximum Gasteiger partial charge on any atom is 0.248 e. The zero-order valence-corrected chi connectivity index (χ0v) is 19.9. The van der Waals surface area contributed by atoms with Crippen LogP contribution in [0, 0.1) is 6.92 Å². The minimum atomic E-state index is -0.278. The average Bonchev–Trinajstić information content (AvgIpc) is 3.46. The van der Waals surface area contributed by atoms with Gasteiger partial charge in [0.15, 0.2) is 0 Å². The first-order valence-corrected chi connectivity index (χ1v) is 12.1. The number of nitrogens with two attached hydrogens (primary N) is 1. The fourth-order valence-corrected chi connectivity index (χ4v) is 4.61. The first-order valence-electron chi connectivity index (χ1n) is 11.2. The van der Waals surface area contributed by atoms with Gasteiger partial charge in [-0.25, -0.2) is 4.98 Å². The Hall–Kier alpha value is -3.49. The molecule has 0 spiro atoms. The summed E-state index contributed by atoms with van der Waals surface area (Å²) in [5.41, 5.74) is 9.01. The Kier molecular flexibility index (Phi) is 7.72. The Morgan fingerprint density at radius 3 is 2.91 bits per heavy atom. The molecule has 8 heteroatoms. The van der Waals surface area contributed by atoms with Gasteiger partial charge in [0.05, 0.1) is 16.7 Å². The van der Waals surface area contributed by atoms with Crippen molar-refractivity contribution in [2.45, 2.75) is 39.0 Å². The van der Waals surface area contributed by atoms with E-state index >= 15 is 0 Å². The highest BCUT2D eigenvalue weighted by molar-refractivity contribution is 7.09. The Morgan fingerprint density at radius 2 is 2.12 bits per heavy atom. The van der Waals surface area contributed by atoms with Crippen molar-refractivity contribution in [3.05, 3.63) is 81.8 Å². The highest BCUT2D eigenvalue weighted by Gasteiger charge is 2.28. The largest absolute Gasteiger partial charge is 0.487 e. The number of carbonyl (C=O) groups is 2. The van der Waals surface area contributed by atoms with E-state index in [9.17, 15) is 9.59 Å². The van der Waals surface area contributed by atoms with E-state index < -0.39 is 0 Å². The summed E-state index contributed by atoms with van der Waals surface area (Å²) in [6.07, 6.45) is 5.01. The zero-order chi connectivity index (χ0) is 23.9. The molecule has 176 valence electrons. The fraction of sp³-hybridized carbons (Fsp3) is 0.269. The van der Waals surface area contributed by atoms with Gasteiger partial charge in [0.1, 0.15) is 12.4 Å². The first-order chi connectivity index (χ1) is 16.5. The summed E-state index contributed by atoms with van der Waals surface area (Å²) >= 11 is 1.60. The van der Waals surface area contributed by atoms with Gasteiger partial charge in [0.2, 0.25) is 11.8 Å². The number of primary amides is 1. The summed E-state index contributed by atoms with van der Waals surface area (Å²) in [7, 11) is 0. The molecule has 1 aliphatic rings. The van der Waals surface area contributed by atoms with Gasteiger partial charge in [0.25, 0.3) is 0 Å². The number of anilines is 1. The zero-order valence-electron chi connectivity index (χ0n) is 19.1. The molecule has 7 nitrogen and oxygen atoms in total. The molecule has 1 fully saturated rings. The number of hydrogen-bond acceptors (Lipinski definition) is 6. The first kappa shape index (κ1) is 23.7. The van der Waals surface area contributed by atoms with Crippen LogP contribution in [0.4, 0.5) is 5.69 Å². The van der Waals surface area contributed by atoms with Crippen molar-refractivity contribution < 1.29 is 14.3 Å². The van der Waals surface area contributed by atoms with Crippen molar-refractivity contribution in [1.29, 1.82) is 0 Å². The molecule has 2 aromatic carbocycles. The minimum Gasteiger partial charge on any atom is -0.487 e. The molecular weight excluding hydrogens is 448 g/mol. The number of aryl methyl sites for hydroxylation is 1. The molecule has 0 bridgehead atoms. The highest BCUT2D eigenvalue weighted by atomic mass is 32.1. The van der Waals surface area contributed by atoms with Gasteiger partial charge in [-0.2, -0.15) is 0 Å². The summed E-state index contributed by atoms with van der Waals surface area (Å²) in [5, 5.41) is 5.90. The lowest BCUT2D eigenvalue weighted by atomic mass is 10.1. The molecule has 1 aromatic heterocycles. The van der Waals surface area contributed by atoms with Crippen LogP contribution in [0.5, 0.6) is 5.75 Å². The highest BCUT2D eigenvalue weighted by Crippen LogP contribution is 2.21. The molecule has 3 N–H and O–H groups in total. The van der Waals surface area contributed by atoms with Crippen molar-refractivity contribution in [2.75, 3.05) is 11.9 Å². The standard InChI is InChI=1S/C26H28N4O3S/c1-18-28-22(17-34-18)16-33-23-8-3-5-19(14-23)10-11-25(31)29-21-7-2-6-20(13-21)15-30-12-4-9-24(30)26(27)32/h2-3,5-8,10-11,13-14,17,24H,4,9,12,15-16H2,1H3,(H2,27,32)(H,29,31). The second kappa shape index (κ2) is 11.1. The van der Waals surface area contributed by atoms with Crippen molar-refractivity contribution in [3.8, 4) is 5.75 Å². The summed E-state index contributed by atoms with van der Waals surface area (Å²) < 4.78 is 5.82. The summed E-state index contributed by atoms with van der Waals surface area (Å²) in [5.74, 6) is 0.217. The topological polar surface area (TPSA) is 97.6 Å². The van der Waals surface area contributed by atoms with E-state index in [2.05, 4.69) is 15.2 Å². The minimum absolute atomic E-state index is 0.216. The van der Waals surface area contributed by atoms with E-state index in [1.54, 1.807) is 17.4 Å². The number of amides is 2. The van der Waals surface area contributed by atoms with Gasteiger partial charge in [-0.1, -0.05) is 24.3 Å². The number of nitrogens with zero attached hydrogens (tertiary/aromatic N) is 2. The number of hydrogen-bond donors (Lipinski definition) is 2. The molecule has 0 saturated carbocycles. The number of thiazole rings is 1. The number of aromatic nitrogens is 1. The average molecular weight is 477 g/mol. The van der Waals surface area contributed by atoms with Crippen LogP contribution >= 0.6 is 11.3 Å². The third-order valence-corrected chi connectivity index (χ3v) is 6.43. The molecular formula is C26H28N4O3S. The van der Waals surface area contributed by atoms with E-state index in [1.165, 1.54) is 6.08 Å². The van der Waals surface area contributed by atoms with E-state index in [1.807, 2.05) is 60.8 Å². The van der Waals surface area contributed by atoms with Crippen LogP contribution in [0.1, 0.15) is 34.7 Å². The van der Waals surface area contributed by atoms with E-state index in [0.29, 0.717) is 18.8 Å². The van der Waals surface area contributed by atoms with Crippen LogP contribution in [0.25, 0.3) is 6.08 Å². The second-order valence-electron chi connectivity index (χ2n) is 8.27. The lowest BCUT2D eigenvalue weighted by Crippen LogP contribution is -2.39. The SMILES string of the molecule is Cc1nc(COc2cccc(C=CC(=O)Nc3cccc(CN4CCCC4C(N)=O)c3)c2)cs1. The molecule has 1 saturated heterocycles. The number of ether oxygens (including phenoxy) is 1. The van der Waals surface area contributed by atoms with Gasteiger partial charge in [-0.05, 0) is 67.8 Å². The monoisotopic (exact) mass is 476 g/mol. The molecule has 2 amide bonds. The lowest BCUT2D eigenvalue weighted by Gasteiger charge is -2.22. The van der Waals surface area contributed by atoms with Gasteiger partial charge in [0, 0.05) is 23.7 Å². The molecule has 0 aliphatic carbocycles. The van der Waals surface area contributed by atoms with Gasteiger partial charge in [-0.3, -0.25) is 14.5 Å². The molecule has 0 radical (unpaired) electrons. The van der Waals surface area contributed by atoms with Crippen LogP contribution in [-0.2, 0) is 22.7 Å². The molecule has 1 unspecified atom stereocenters. The fourth-order valence-electron chi connectivity index (χ4n) is 4.02.